The zero-order chi connectivity index (χ0) is 19.0. The van der Waals surface area contributed by atoms with Crippen LogP contribution in [-0.2, 0) is 4.74 Å². The van der Waals surface area contributed by atoms with E-state index in [-0.39, 0.29) is 28.6 Å². The Hall–Kier alpha value is -3.74. The van der Waals surface area contributed by atoms with E-state index in [0.717, 1.165) is 0 Å². The highest BCUT2D eigenvalue weighted by molar-refractivity contribution is 5.93. The Labute approximate surface area is 153 Å². The number of esters is 1. The van der Waals surface area contributed by atoms with Gasteiger partial charge in [0.2, 0.25) is 0 Å². The molecule has 0 saturated carbocycles. The molecular weight excluding hydrogens is 344 g/mol. The maximum atomic E-state index is 13.0. The first-order valence-electron chi connectivity index (χ1n) is 8.46. The van der Waals surface area contributed by atoms with Crippen LogP contribution in [0.5, 0.6) is 0 Å². The molecule has 0 bridgehead atoms. The van der Waals surface area contributed by atoms with Crippen molar-refractivity contribution in [1.29, 1.82) is 5.41 Å². The van der Waals surface area contributed by atoms with Gasteiger partial charge in [0, 0.05) is 11.9 Å². The van der Waals surface area contributed by atoms with Crippen molar-refractivity contribution in [2.24, 2.45) is 0 Å². The summed E-state index contributed by atoms with van der Waals surface area (Å²) in [6.07, 6.45) is 1.62. The molecule has 3 heterocycles. The number of ether oxygens (including phenoxy) is 1. The zero-order valence-electron chi connectivity index (χ0n) is 14.5. The van der Waals surface area contributed by atoms with Crippen molar-refractivity contribution in [1.82, 2.24) is 14.0 Å². The average Bonchev–Trinajstić information content (AvgIpc) is 2.69. The van der Waals surface area contributed by atoms with Gasteiger partial charge in [0.15, 0.2) is 5.65 Å². The van der Waals surface area contributed by atoms with E-state index >= 15 is 0 Å². The number of pyridine rings is 2. The van der Waals surface area contributed by atoms with Crippen molar-refractivity contribution in [3.05, 3.63) is 82.2 Å². The van der Waals surface area contributed by atoms with E-state index in [1.807, 2.05) is 18.2 Å². The van der Waals surface area contributed by atoms with E-state index in [1.54, 1.807) is 43.5 Å². The molecule has 7 nitrogen and oxygen atoms in total. The van der Waals surface area contributed by atoms with Crippen LogP contribution in [0.1, 0.15) is 17.3 Å². The minimum Gasteiger partial charge on any atom is -0.462 e. The summed E-state index contributed by atoms with van der Waals surface area (Å²) in [4.78, 5) is 30.0. The number of para-hydroxylation sites is 1. The highest BCUT2D eigenvalue weighted by atomic mass is 16.5. The van der Waals surface area contributed by atoms with Crippen molar-refractivity contribution >= 4 is 22.6 Å². The first-order valence-corrected chi connectivity index (χ1v) is 8.46. The topological polar surface area (TPSA) is 89.4 Å². The van der Waals surface area contributed by atoms with E-state index in [0.29, 0.717) is 17.0 Å². The Morgan fingerprint density at radius 2 is 1.89 bits per heavy atom. The molecular formula is C20H16N4O3. The van der Waals surface area contributed by atoms with Gasteiger partial charge in [-0.15, -0.1) is 0 Å². The van der Waals surface area contributed by atoms with E-state index in [9.17, 15) is 9.59 Å². The van der Waals surface area contributed by atoms with Crippen LogP contribution >= 0.6 is 0 Å². The number of nitrogens with zero attached hydrogens (tertiary/aromatic N) is 3. The summed E-state index contributed by atoms with van der Waals surface area (Å²) in [5.74, 6) is -0.647. The third-order valence-corrected chi connectivity index (χ3v) is 4.24. The van der Waals surface area contributed by atoms with Crippen LogP contribution in [0.25, 0.3) is 22.4 Å². The van der Waals surface area contributed by atoms with Crippen LogP contribution in [0, 0.1) is 5.41 Å². The third-order valence-electron chi connectivity index (χ3n) is 4.24. The van der Waals surface area contributed by atoms with E-state index in [4.69, 9.17) is 10.1 Å². The monoisotopic (exact) mass is 360 g/mol. The van der Waals surface area contributed by atoms with Gasteiger partial charge in [0.05, 0.1) is 12.0 Å². The van der Waals surface area contributed by atoms with Gasteiger partial charge >= 0.3 is 5.97 Å². The fourth-order valence-electron chi connectivity index (χ4n) is 3.02. The molecule has 0 radical (unpaired) electrons. The van der Waals surface area contributed by atoms with Gasteiger partial charge in [-0.1, -0.05) is 24.3 Å². The molecule has 0 aliphatic carbocycles. The second-order valence-electron chi connectivity index (χ2n) is 5.88. The molecule has 0 spiro atoms. The lowest BCUT2D eigenvalue weighted by Gasteiger charge is -2.14. The molecule has 0 saturated heterocycles. The second kappa shape index (κ2) is 6.53. The fraction of sp³-hybridized carbons (Fsp3) is 0.100. The minimum absolute atomic E-state index is 0.0167. The van der Waals surface area contributed by atoms with Crippen molar-refractivity contribution < 1.29 is 9.53 Å². The van der Waals surface area contributed by atoms with Gasteiger partial charge in [0.25, 0.3) is 5.56 Å². The smallest absolute Gasteiger partial charge is 0.341 e. The lowest BCUT2D eigenvalue weighted by Crippen LogP contribution is -2.30. The van der Waals surface area contributed by atoms with Crippen molar-refractivity contribution in [2.45, 2.75) is 6.92 Å². The summed E-state index contributed by atoms with van der Waals surface area (Å²) in [5, 5.41) is 8.80. The molecule has 27 heavy (non-hydrogen) atoms. The Morgan fingerprint density at radius 3 is 2.63 bits per heavy atom. The molecule has 0 atom stereocenters. The largest absolute Gasteiger partial charge is 0.462 e. The number of nitrogens with one attached hydrogen (secondary N) is 1. The molecule has 7 heteroatoms. The highest BCUT2D eigenvalue weighted by Crippen LogP contribution is 2.15. The number of fused-ring (bicyclic) bond motifs is 2. The Morgan fingerprint density at radius 1 is 1.15 bits per heavy atom. The number of carbonyl (C=O) groups is 1. The minimum atomic E-state index is -0.647. The summed E-state index contributed by atoms with van der Waals surface area (Å²) in [6, 6.07) is 15.7. The first-order chi connectivity index (χ1) is 13.1. The second-order valence-corrected chi connectivity index (χ2v) is 5.88. The molecule has 0 aliphatic heterocycles. The summed E-state index contributed by atoms with van der Waals surface area (Å²) in [6.45, 7) is 1.87. The summed E-state index contributed by atoms with van der Waals surface area (Å²) < 4.78 is 7.98. The van der Waals surface area contributed by atoms with Gasteiger partial charge in [-0.3, -0.25) is 19.2 Å². The molecule has 3 aromatic heterocycles. The van der Waals surface area contributed by atoms with Crippen molar-refractivity contribution in [3.8, 4) is 5.69 Å². The molecule has 1 aromatic carbocycles. The third kappa shape index (κ3) is 2.69. The number of aromatic nitrogens is 3. The highest BCUT2D eigenvalue weighted by Gasteiger charge is 2.18. The number of carbonyl (C=O) groups excluding carboxylic acids is 1. The van der Waals surface area contributed by atoms with E-state index in [1.165, 1.54) is 15.0 Å². The van der Waals surface area contributed by atoms with Crippen LogP contribution in [0.2, 0.25) is 0 Å². The number of rotatable bonds is 3. The van der Waals surface area contributed by atoms with Gasteiger partial charge in [-0.05, 0) is 37.3 Å². The predicted molar refractivity (Wildman–Crippen MR) is 100 cm³/mol. The van der Waals surface area contributed by atoms with Gasteiger partial charge in [-0.2, -0.15) is 0 Å². The molecule has 0 amide bonds. The summed E-state index contributed by atoms with van der Waals surface area (Å²) >= 11 is 0. The Kier molecular flexibility index (Phi) is 4.04. The van der Waals surface area contributed by atoms with Crippen LogP contribution in [0.3, 0.4) is 0 Å². The lowest BCUT2D eigenvalue weighted by atomic mass is 10.2. The van der Waals surface area contributed by atoms with Crippen LogP contribution in [0.4, 0.5) is 0 Å². The zero-order valence-corrected chi connectivity index (χ0v) is 14.5. The van der Waals surface area contributed by atoms with Crippen molar-refractivity contribution in [2.75, 3.05) is 6.61 Å². The SMILES string of the molecule is CCOC(=O)c1cc2c(=O)n3ccccc3nc2n(-c2ccccc2)c1=N. The lowest BCUT2D eigenvalue weighted by molar-refractivity contribution is 0.0523. The Bertz CT molecular complexity index is 1290. The molecule has 134 valence electrons. The van der Waals surface area contributed by atoms with Crippen molar-refractivity contribution in [3.63, 3.8) is 0 Å². The van der Waals surface area contributed by atoms with Gasteiger partial charge in [0.1, 0.15) is 16.7 Å². The molecule has 4 aromatic rings. The average molecular weight is 360 g/mol. The van der Waals surface area contributed by atoms with Gasteiger partial charge < -0.3 is 4.74 Å². The van der Waals surface area contributed by atoms with Crippen LogP contribution < -0.4 is 11.0 Å². The van der Waals surface area contributed by atoms with Crippen LogP contribution in [0.15, 0.2) is 65.6 Å². The van der Waals surface area contributed by atoms with Crippen LogP contribution in [-0.4, -0.2) is 26.5 Å². The normalized spacial score (nSPS) is 11.0. The maximum absolute atomic E-state index is 13.0. The Balaban J connectivity index is 2.20. The first kappa shape index (κ1) is 16.7. The van der Waals surface area contributed by atoms with Gasteiger partial charge in [-0.25, -0.2) is 9.78 Å². The number of hydrogen-bond acceptors (Lipinski definition) is 5. The maximum Gasteiger partial charge on any atom is 0.341 e. The quantitative estimate of drug-likeness (QED) is 0.448. The summed E-state index contributed by atoms with van der Waals surface area (Å²) in [7, 11) is 0. The molecule has 1 N–H and O–H groups in total. The number of benzene rings is 1. The molecule has 4 rings (SSSR count). The van der Waals surface area contributed by atoms with E-state index in [2.05, 4.69) is 4.98 Å². The van der Waals surface area contributed by atoms with E-state index < -0.39 is 5.97 Å². The number of hydrogen-bond donors (Lipinski definition) is 1. The molecule has 0 unspecified atom stereocenters. The standard InChI is InChI=1S/C20H16N4O3/c1-2-27-20(26)14-12-15-18(22-16-10-6-7-11-23(16)19(15)25)24(17(14)21)13-8-4-3-5-9-13/h3-12,21H,2H2,1H3. The predicted octanol–water partition coefficient (Wildman–Crippen LogP) is 2.29. The fourth-order valence-corrected chi connectivity index (χ4v) is 3.02. The summed E-state index contributed by atoms with van der Waals surface area (Å²) in [5.41, 5.74) is 1.03. The molecule has 0 fully saturated rings. The molecule has 0 aliphatic rings.